The van der Waals surface area contributed by atoms with Gasteiger partial charge in [0, 0.05) is 12.7 Å². The molecular formula is C20H24N2O5S. The molecular weight excluding hydrogens is 380 g/mol. The molecule has 0 spiro atoms. The lowest BCUT2D eigenvalue weighted by molar-refractivity contribution is -0.152. The van der Waals surface area contributed by atoms with Gasteiger partial charge in [-0.25, -0.2) is 8.42 Å². The molecule has 0 radical (unpaired) electrons. The van der Waals surface area contributed by atoms with Crippen molar-refractivity contribution in [3.8, 4) is 0 Å². The molecule has 28 heavy (non-hydrogen) atoms. The van der Waals surface area contributed by atoms with Gasteiger partial charge in [0.15, 0.2) is 6.10 Å². The monoisotopic (exact) mass is 404 g/mol. The molecule has 150 valence electrons. The quantitative estimate of drug-likeness (QED) is 0.714. The number of rotatable bonds is 7. The Hall–Kier alpha value is -2.71. The van der Waals surface area contributed by atoms with Gasteiger partial charge in [0.25, 0.3) is 5.91 Å². The summed E-state index contributed by atoms with van der Waals surface area (Å²) in [5.41, 5.74) is 2.45. The number of amides is 1. The minimum Gasteiger partial charge on any atom is -0.452 e. The van der Waals surface area contributed by atoms with Crippen molar-refractivity contribution in [2.24, 2.45) is 0 Å². The third kappa shape index (κ3) is 5.40. The molecule has 0 aliphatic carbocycles. The summed E-state index contributed by atoms with van der Waals surface area (Å²) in [6, 6.07) is 13.6. The van der Waals surface area contributed by atoms with Crippen LogP contribution >= 0.6 is 0 Å². The molecule has 1 amide bonds. The van der Waals surface area contributed by atoms with Crippen LogP contribution in [0.4, 0.5) is 5.69 Å². The summed E-state index contributed by atoms with van der Waals surface area (Å²) in [7, 11) is -2.28. The van der Waals surface area contributed by atoms with E-state index in [1.165, 1.54) is 24.0 Å². The molecule has 0 saturated heterocycles. The van der Waals surface area contributed by atoms with E-state index in [0.29, 0.717) is 5.69 Å². The second kappa shape index (κ2) is 8.99. The fraction of sp³-hybridized carbons (Fsp3) is 0.300. The van der Waals surface area contributed by atoms with E-state index in [4.69, 9.17) is 4.74 Å². The number of nitrogens with one attached hydrogen (secondary N) is 1. The Morgan fingerprint density at radius 1 is 1.07 bits per heavy atom. The van der Waals surface area contributed by atoms with E-state index in [9.17, 15) is 18.0 Å². The molecule has 2 aromatic rings. The maximum absolute atomic E-state index is 12.4. The molecule has 0 aromatic heterocycles. The number of esters is 1. The van der Waals surface area contributed by atoms with Crippen LogP contribution in [0.3, 0.4) is 0 Å². The van der Waals surface area contributed by atoms with Crippen LogP contribution < -0.4 is 9.62 Å². The second-order valence-electron chi connectivity index (χ2n) is 6.44. The van der Waals surface area contributed by atoms with E-state index in [2.05, 4.69) is 4.72 Å². The minimum atomic E-state index is -3.86. The van der Waals surface area contributed by atoms with Gasteiger partial charge in [-0.3, -0.25) is 9.59 Å². The molecule has 8 heteroatoms. The van der Waals surface area contributed by atoms with Crippen LogP contribution in [-0.2, 0) is 24.3 Å². The molecule has 1 atom stereocenters. The van der Waals surface area contributed by atoms with Gasteiger partial charge < -0.3 is 9.64 Å². The van der Waals surface area contributed by atoms with Crippen molar-refractivity contribution in [1.29, 1.82) is 0 Å². The zero-order chi connectivity index (χ0) is 20.9. The molecule has 1 unspecified atom stereocenters. The lowest BCUT2D eigenvalue weighted by Crippen LogP contribution is -2.39. The van der Waals surface area contributed by atoms with Crippen molar-refractivity contribution in [3.05, 3.63) is 59.7 Å². The molecule has 7 nitrogen and oxygen atoms in total. The van der Waals surface area contributed by atoms with Crippen molar-refractivity contribution in [2.75, 3.05) is 18.5 Å². The highest BCUT2D eigenvalue weighted by molar-refractivity contribution is 7.89. The highest BCUT2D eigenvalue weighted by atomic mass is 32.2. The summed E-state index contributed by atoms with van der Waals surface area (Å²) in [5, 5.41) is 0. The van der Waals surface area contributed by atoms with E-state index in [1.54, 1.807) is 44.3 Å². The lowest BCUT2D eigenvalue weighted by atomic mass is 10.1. The highest BCUT2D eigenvalue weighted by Crippen LogP contribution is 2.15. The first-order valence-electron chi connectivity index (χ1n) is 8.71. The van der Waals surface area contributed by atoms with E-state index in [-0.39, 0.29) is 4.90 Å². The Balaban J connectivity index is 1.94. The molecule has 2 aromatic carbocycles. The predicted octanol–water partition coefficient (Wildman–Crippen LogP) is 2.18. The van der Waals surface area contributed by atoms with Crippen LogP contribution in [0.2, 0.25) is 0 Å². The van der Waals surface area contributed by atoms with Crippen LogP contribution in [0.15, 0.2) is 53.4 Å². The first-order valence-corrected chi connectivity index (χ1v) is 10.2. The number of benzene rings is 2. The number of carbonyl (C=O) groups is 2. The predicted molar refractivity (Wildman–Crippen MR) is 107 cm³/mol. The van der Waals surface area contributed by atoms with E-state index in [0.717, 1.165) is 11.1 Å². The van der Waals surface area contributed by atoms with Crippen LogP contribution in [-0.4, -0.2) is 40.0 Å². The summed E-state index contributed by atoms with van der Waals surface area (Å²) >= 11 is 0. The van der Waals surface area contributed by atoms with Crippen molar-refractivity contribution in [1.82, 2.24) is 4.72 Å². The number of nitrogens with zero attached hydrogens (tertiary/aromatic N) is 1. The highest BCUT2D eigenvalue weighted by Gasteiger charge is 2.23. The number of anilines is 1. The fourth-order valence-corrected chi connectivity index (χ4v) is 3.51. The Labute approximate surface area is 165 Å². The smallest absolute Gasteiger partial charge is 0.321 e. The normalized spacial score (nSPS) is 12.3. The zero-order valence-corrected chi connectivity index (χ0v) is 17.1. The van der Waals surface area contributed by atoms with E-state index in [1.807, 2.05) is 13.0 Å². The summed E-state index contributed by atoms with van der Waals surface area (Å²) in [6.07, 6.45) is -1.05. The summed E-state index contributed by atoms with van der Waals surface area (Å²) < 4.78 is 31.9. The molecule has 0 aliphatic rings. The largest absolute Gasteiger partial charge is 0.452 e. The summed E-state index contributed by atoms with van der Waals surface area (Å²) in [6.45, 7) is 4.56. The van der Waals surface area contributed by atoms with Gasteiger partial charge in [-0.1, -0.05) is 24.3 Å². The summed E-state index contributed by atoms with van der Waals surface area (Å²) in [4.78, 5) is 25.8. The van der Waals surface area contributed by atoms with Crippen LogP contribution in [0.1, 0.15) is 18.1 Å². The number of para-hydroxylation sites is 1. The molecule has 1 N–H and O–H groups in total. The lowest BCUT2D eigenvalue weighted by Gasteiger charge is -2.21. The first-order chi connectivity index (χ1) is 13.1. The average molecular weight is 404 g/mol. The van der Waals surface area contributed by atoms with E-state index >= 15 is 0 Å². The van der Waals surface area contributed by atoms with Gasteiger partial charge in [0.2, 0.25) is 10.0 Å². The Bertz CT molecular complexity index is 958. The van der Waals surface area contributed by atoms with Crippen molar-refractivity contribution in [3.63, 3.8) is 0 Å². The van der Waals surface area contributed by atoms with Gasteiger partial charge in [-0.2, -0.15) is 4.72 Å². The van der Waals surface area contributed by atoms with Crippen LogP contribution in [0, 0.1) is 13.8 Å². The number of ether oxygens (including phenoxy) is 1. The number of likely N-dealkylation sites (N-methyl/N-ethyl adjacent to an activating group) is 1. The SMILES string of the molecule is Cc1ccc(S(=O)(=O)NCC(=O)OC(C)C(=O)N(C)c2ccccc2)cc1C. The molecule has 0 aliphatic heterocycles. The maximum Gasteiger partial charge on any atom is 0.321 e. The number of hydrogen-bond donors (Lipinski definition) is 1. The number of hydrogen-bond acceptors (Lipinski definition) is 5. The molecule has 2 rings (SSSR count). The fourth-order valence-electron chi connectivity index (χ4n) is 2.46. The van der Waals surface area contributed by atoms with Crippen molar-refractivity contribution in [2.45, 2.75) is 31.8 Å². The number of sulfonamides is 1. The van der Waals surface area contributed by atoms with Crippen LogP contribution in [0.25, 0.3) is 0 Å². The topological polar surface area (TPSA) is 92.8 Å². The van der Waals surface area contributed by atoms with Gasteiger partial charge in [-0.05, 0) is 56.2 Å². The number of aryl methyl sites for hydroxylation is 2. The molecule has 0 fully saturated rings. The average Bonchev–Trinajstić information content (AvgIpc) is 2.68. The van der Waals surface area contributed by atoms with Gasteiger partial charge in [-0.15, -0.1) is 0 Å². The maximum atomic E-state index is 12.4. The Kier molecular flexibility index (Phi) is 6.93. The van der Waals surface area contributed by atoms with E-state index < -0.39 is 34.5 Å². The second-order valence-corrected chi connectivity index (χ2v) is 8.20. The number of carbonyl (C=O) groups excluding carboxylic acids is 2. The third-order valence-corrected chi connectivity index (χ3v) is 5.72. The van der Waals surface area contributed by atoms with Crippen molar-refractivity contribution >= 4 is 27.6 Å². The minimum absolute atomic E-state index is 0.0661. The zero-order valence-electron chi connectivity index (χ0n) is 16.3. The first kappa shape index (κ1) is 21.6. The van der Waals surface area contributed by atoms with Crippen molar-refractivity contribution < 1.29 is 22.7 Å². The standard InChI is InChI=1S/C20H24N2O5S/c1-14-10-11-18(12-15(14)2)28(25,26)21-13-19(23)27-16(3)20(24)22(4)17-8-6-5-7-9-17/h5-12,16,21H,13H2,1-4H3. The molecule has 0 saturated carbocycles. The molecule has 0 heterocycles. The Morgan fingerprint density at radius 3 is 2.32 bits per heavy atom. The molecule has 0 bridgehead atoms. The van der Waals surface area contributed by atoms with Gasteiger partial charge in [0.05, 0.1) is 4.90 Å². The summed E-state index contributed by atoms with van der Waals surface area (Å²) in [5.74, 6) is -1.26. The Morgan fingerprint density at radius 2 is 1.71 bits per heavy atom. The third-order valence-electron chi connectivity index (χ3n) is 4.33. The van der Waals surface area contributed by atoms with Crippen LogP contribution in [0.5, 0.6) is 0 Å². The van der Waals surface area contributed by atoms with Gasteiger partial charge >= 0.3 is 5.97 Å². The van der Waals surface area contributed by atoms with Gasteiger partial charge in [0.1, 0.15) is 6.54 Å².